The summed E-state index contributed by atoms with van der Waals surface area (Å²) in [6.07, 6.45) is 1.88. The first kappa shape index (κ1) is 14.7. The summed E-state index contributed by atoms with van der Waals surface area (Å²) in [7, 11) is 0. The molecule has 0 radical (unpaired) electrons. The third-order valence-electron chi connectivity index (χ3n) is 3.15. The maximum absolute atomic E-state index is 12.9. The Bertz CT molecular complexity index is 370. The molecule has 0 bridgehead atoms. The van der Waals surface area contributed by atoms with E-state index in [4.69, 9.17) is 23.2 Å². The van der Waals surface area contributed by atoms with E-state index in [2.05, 4.69) is 19.2 Å². The Kier molecular flexibility index (Phi) is 5.71. The summed E-state index contributed by atoms with van der Waals surface area (Å²) in [5.41, 5.74) is 0.904. The van der Waals surface area contributed by atoms with E-state index >= 15 is 0 Å². The van der Waals surface area contributed by atoms with Crippen LogP contribution in [0.25, 0.3) is 0 Å². The van der Waals surface area contributed by atoms with E-state index in [1.807, 2.05) is 0 Å². The number of nitrogens with one attached hydrogen (secondary N) is 1. The largest absolute Gasteiger partial charge is 0.307 e. The van der Waals surface area contributed by atoms with Gasteiger partial charge >= 0.3 is 0 Å². The molecule has 0 aliphatic carbocycles. The van der Waals surface area contributed by atoms with Gasteiger partial charge in [0.2, 0.25) is 0 Å². The summed E-state index contributed by atoms with van der Waals surface area (Å²) >= 11 is 11.8. The summed E-state index contributed by atoms with van der Waals surface area (Å²) in [6.45, 7) is 4.87. The van der Waals surface area contributed by atoms with Gasteiger partial charge in [-0.15, -0.1) is 11.6 Å². The number of hydrogen-bond donors (Lipinski definition) is 1. The van der Waals surface area contributed by atoms with Crippen molar-refractivity contribution in [3.63, 3.8) is 0 Å². The molecule has 0 saturated carbocycles. The highest BCUT2D eigenvalue weighted by atomic mass is 35.5. The molecule has 0 aromatic heterocycles. The van der Waals surface area contributed by atoms with Gasteiger partial charge in [0.15, 0.2) is 0 Å². The number of benzene rings is 1. The van der Waals surface area contributed by atoms with Gasteiger partial charge < -0.3 is 5.32 Å². The molecule has 0 amide bonds. The molecule has 4 heteroatoms. The molecule has 0 aliphatic rings. The van der Waals surface area contributed by atoms with Crippen LogP contribution >= 0.6 is 23.2 Å². The smallest absolute Gasteiger partial charge is 0.124 e. The lowest BCUT2D eigenvalue weighted by Crippen LogP contribution is -2.41. The summed E-state index contributed by atoms with van der Waals surface area (Å²) in [6, 6.07) is 4.47. The van der Waals surface area contributed by atoms with Crippen LogP contribution in [0.4, 0.5) is 4.39 Å². The first-order valence-electron chi connectivity index (χ1n) is 5.75. The lowest BCUT2D eigenvalue weighted by atomic mass is 9.95. The van der Waals surface area contributed by atoms with Gasteiger partial charge in [-0.1, -0.05) is 24.6 Å². The molecule has 1 aromatic carbocycles. The minimum Gasteiger partial charge on any atom is -0.307 e. The van der Waals surface area contributed by atoms with Crippen molar-refractivity contribution < 1.29 is 4.39 Å². The first-order chi connectivity index (χ1) is 8.00. The SMILES string of the molecule is CCC(C)(CCCl)NCc1ccc(F)cc1Cl. The topological polar surface area (TPSA) is 12.0 Å². The molecule has 1 N–H and O–H groups in total. The molecule has 0 heterocycles. The summed E-state index contributed by atoms with van der Waals surface area (Å²) in [5.74, 6) is 0.312. The van der Waals surface area contributed by atoms with Crippen LogP contribution in [0.2, 0.25) is 5.02 Å². The van der Waals surface area contributed by atoms with E-state index in [1.165, 1.54) is 12.1 Å². The summed E-state index contributed by atoms with van der Waals surface area (Å²) in [4.78, 5) is 0. The van der Waals surface area contributed by atoms with Crippen LogP contribution < -0.4 is 5.32 Å². The molecule has 1 rings (SSSR count). The number of hydrogen-bond acceptors (Lipinski definition) is 1. The molecule has 0 fully saturated rings. The summed E-state index contributed by atoms with van der Waals surface area (Å²) in [5, 5.41) is 3.89. The molecule has 1 unspecified atom stereocenters. The van der Waals surface area contributed by atoms with E-state index in [-0.39, 0.29) is 11.4 Å². The zero-order chi connectivity index (χ0) is 12.9. The average molecular weight is 278 g/mol. The maximum atomic E-state index is 12.9. The Balaban J connectivity index is 2.65. The van der Waals surface area contributed by atoms with Crippen LogP contribution in [0.1, 0.15) is 32.3 Å². The lowest BCUT2D eigenvalue weighted by molar-refractivity contribution is 0.331. The molecule has 96 valence electrons. The Morgan fingerprint density at radius 2 is 2.12 bits per heavy atom. The Morgan fingerprint density at radius 1 is 1.41 bits per heavy atom. The van der Waals surface area contributed by atoms with Crippen molar-refractivity contribution in [2.45, 2.75) is 38.8 Å². The van der Waals surface area contributed by atoms with Gasteiger partial charge in [0.1, 0.15) is 5.82 Å². The fourth-order valence-electron chi connectivity index (χ4n) is 1.57. The van der Waals surface area contributed by atoms with Gasteiger partial charge in [0.05, 0.1) is 0 Å². The van der Waals surface area contributed by atoms with Gasteiger partial charge in [-0.05, 0) is 37.5 Å². The van der Waals surface area contributed by atoms with Crippen LogP contribution in [0.15, 0.2) is 18.2 Å². The highest BCUT2D eigenvalue weighted by molar-refractivity contribution is 6.31. The quantitative estimate of drug-likeness (QED) is 0.762. The Morgan fingerprint density at radius 3 is 2.65 bits per heavy atom. The number of rotatable bonds is 6. The van der Waals surface area contributed by atoms with E-state index in [0.29, 0.717) is 17.4 Å². The Labute approximate surface area is 112 Å². The standard InChI is InChI=1S/C13H18Cl2FN/c1-3-13(2,6-7-14)17-9-10-4-5-11(16)8-12(10)15/h4-5,8,17H,3,6-7,9H2,1-2H3. The van der Waals surface area contributed by atoms with Crippen molar-refractivity contribution in [3.05, 3.63) is 34.6 Å². The molecule has 1 atom stereocenters. The predicted molar refractivity (Wildman–Crippen MR) is 72.3 cm³/mol. The van der Waals surface area contributed by atoms with E-state index in [0.717, 1.165) is 18.4 Å². The first-order valence-corrected chi connectivity index (χ1v) is 6.67. The van der Waals surface area contributed by atoms with Crippen LogP contribution in [0.3, 0.4) is 0 Å². The van der Waals surface area contributed by atoms with Gasteiger partial charge in [-0.2, -0.15) is 0 Å². The number of halogens is 3. The fraction of sp³-hybridized carbons (Fsp3) is 0.538. The minimum absolute atomic E-state index is 0.000531. The van der Waals surface area contributed by atoms with Crippen molar-refractivity contribution >= 4 is 23.2 Å². The zero-order valence-electron chi connectivity index (χ0n) is 10.2. The zero-order valence-corrected chi connectivity index (χ0v) is 11.7. The third-order valence-corrected chi connectivity index (χ3v) is 3.69. The van der Waals surface area contributed by atoms with Crippen LogP contribution in [0.5, 0.6) is 0 Å². The normalized spacial score (nSPS) is 14.6. The third kappa shape index (κ3) is 4.46. The van der Waals surface area contributed by atoms with Crippen molar-refractivity contribution in [2.75, 3.05) is 5.88 Å². The van der Waals surface area contributed by atoms with Crippen molar-refractivity contribution in [3.8, 4) is 0 Å². The molecule has 17 heavy (non-hydrogen) atoms. The minimum atomic E-state index is -0.308. The van der Waals surface area contributed by atoms with Gasteiger partial charge in [0.25, 0.3) is 0 Å². The second-order valence-electron chi connectivity index (χ2n) is 4.44. The highest BCUT2D eigenvalue weighted by Crippen LogP contribution is 2.20. The van der Waals surface area contributed by atoms with Crippen LogP contribution in [-0.2, 0) is 6.54 Å². The van der Waals surface area contributed by atoms with Crippen molar-refractivity contribution in [1.82, 2.24) is 5.32 Å². The van der Waals surface area contributed by atoms with Crippen molar-refractivity contribution in [2.24, 2.45) is 0 Å². The van der Waals surface area contributed by atoms with Crippen molar-refractivity contribution in [1.29, 1.82) is 0 Å². The molecule has 0 aliphatic heterocycles. The predicted octanol–water partition coefficient (Wildman–Crippen LogP) is 4.37. The summed E-state index contributed by atoms with van der Waals surface area (Å²) < 4.78 is 12.9. The van der Waals surface area contributed by atoms with Crippen LogP contribution in [-0.4, -0.2) is 11.4 Å². The van der Waals surface area contributed by atoms with E-state index in [9.17, 15) is 4.39 Å². The molecular weight excluding hydrogens is 260 g/mol. The highest BCUT2D eigenvalue weighted by Gasteiger charge is 2.20. The Hall–Kier alpha value is -0.310. The monoisotopic (exact) mass is 277 g/mol. The van der Waals surface area contributed by atoms with E-state index in [1.54, 1.807) is 6.07 Å². The molecule has 0 spiro atoms. The molecular formula is C13H18Cl2FN. The average Bonchev–Trinajstić information content (AvgIpc) is 2.28. The second kappa shape index (κ2) is 6.58. The lowest BCUT2D eigenvalue weighted by Gasteiger charge is -2.29. The van der Waals surface area contributed by atoms with Gasteiger partial charge in [0, 0.05) is 23.0 Å². The number of alkyl halides is 1. The molecule has 0 saturated heterocycles. The second-order valence-corrected chi connectivity index (χ2v) is 5.23. The van der Waals surface area contributed by atoms with Crippen LogP contribution in [0, 0.1) is 5.82 Å². The van der Waals surface area contributed by atoms with Gasteiger partial charge in [-0.25, -0.2) is 4.39 Å². The molecule has 1 nitrogen and oxygen atoms in total. The van der Waals surface area contributed by atoms with E-state index < -0.39 is 0 Å². The fourth-order valence-corrected chi connectivity index (χ4v) is 2.22. The molecule has 1 aromatic rings. The van der Waals surface area contributed by atoms with Gasteiger partial charge in [-0.3, -0.25) is 0 Å². The maximum Gasteiger partial charge on any atom is 0.124 e.